The predicted octanol–water partition coefficient (Wildman–Crippen LogP) is 0.675. The first-order chi connectivity index (χ1) is 16.9. The fraction of sp³-hybridized carbons (Fsp3) is 0.292. The highest BCUT2D eigenvalue weighted by molar-refractivity contribution is 6.22. The third-order valence-corrected chi connectivity index (χ3v) is 5.14. The van der Waals surface area contributed by atoms with Crippen LogP contribution in [-0.4, -0.2) is 95.7 Å². The van der Waals surface area contributed by atoms with E-state index in [0.29, 0.717) is 22.3 Å². The number of carbonyl (C=O) groups is 5. The molecule has 11 nitrogen and oxygen atoms in total. The largest absolute Gasteiger partial charge is 0.480 e. The van der Waals surface area contributed by atoms with Crippen molar-refractivity contribution in [2.75, 3.05) is 46.1 Å². The number of nitrogens with zero attached hydrogens (tertiary/aromatic N) is 2. The molecule has 0 spiro atoms. The van der Waals surface area contributed by atoms with E-state index in [1.165, 1.54) is 4.90 Å². The molecule has 0 atom stereocenters. The number of hydrogen-bond donors (Lipinski definition) is 2. The Labute approximate surface area is 200 Å². The number of amides is 4. The predicted molar refractivity (Wildman–Crippen MR) is 120 cm³/mol. The van der Waals surface area contributed by atoms with Crippen molar-refractivity contribution in [3.63, 3.8) is 0 Å². The minimum Gasteiger partial charge on any atom is -0.480 e. The summed E-state index contributed by atoms with van der Waals surface area (Å²) in [5, 5.41) is 16.9. The van der Waals surface area contributed by atoms with Gasteiger partial charge in [-0.1, -0.05) is 24.3 Å². The van der Waals surface area contributed by atoms with E-state index in [1.807, 2.05) is 0 Å². The standard InChI is InChI=1S/C12H11NO5.C12H13NO4/c14-10(15)7-18-6-5-13-11(16)8-3-1-2-4-9(8)12(13)17;14-6-8-17-7-5-13-11(15)9-3-1-2-4-10(9)12(13)16/h1-4H,5-7H2,(H,14,15);1-4,14H,5-8H2. The molecule has 0 saturated carbocycles. The second-order valence-corrected chi connectivity index (χ2v) is 7.40. The van der Waals surface area contributed by atoms with Gasteiger partial charge >= 0.3 is 5.97 Å². The van der Waals surface area contributed by atoms with Crippen LogP contribution in [0.4, 0.5) is 0 Å². The number of carbonyl (C=O) groups excluding carboxylic acids is 4. The SMILES string of the molecule is O=C(O)COCCN1C(=O)c2ccccc2C1=O.O=C1c2ccccc2C(=O)N1CCOCCO. The summed E-state index contributed by atoms with van der Waals surface area (Å²) in [6.07, 6.45) is 0. The minimum absolute atomic E-state index is 0.0117. The van der Waals surface area contributed by atoms with Crippen molar-refractivity contribution in [1.82, 2.24) is 9.80 Å². The lowest BCUT2D eigenvalue weighted by Crippen LogP contribution is -2.33. The van der Waals surface area contributed by atoms with Crippen molar-refractivity contribution >= 4 is 29.6 Å². The minimum atomic E-state index is -1.09. The van der Waals surface area contributed by atoms with Gasteiger partial charge in [0.1, 0.15) is 6.61 Å². The summed E-state index contributed by atoms with van der Waals surface area (Å²) in [7, 11) is 0. The Hall–Kier alpha value is -3.93. The molecule has 4 amide bonds. The Bertz CT molecular complexity index is 1060. The molecule has 35 heavy (non-hydrogen) atoms. The van der Waals surface area contributed by atoms with Gasteiger partial charge in [0.2, 0.25) is 0 Å². The molecule has 0 aromatic heterocycles. The molecule has 2 aromatic carbocycles. The smallest absolute Gasteiger partial charge is 0.329 e. The zero-order valence-electron chi connectivity index (χ0n) is 18.7. The van der Waals surface area contributed by atoms with Crippen LogP contribution < -0.4 is 0 Å². The van der Waals surface area contributed by atoms with E-state index in [9.17, 15) is 24.0 Å². The molecule has 4 rings (SSSR count). The average Bonchev–Trinajstić information content (AvgIpc) is 3.25. The highest BCUT2D eigenvalue weighted by atomic mass is 16.5. The van der Waals surface area contributed by atoms with Gasteiger partial charge in [-0.2, -0.15) is 0 Å². The number of ether oxygens (including phenoxy) is 2. The molecule has 184 valence electrons. The van der Waals surface area contributed by atoms with E-state index in [-0.39, 0.29) is 63.1 Å². The maximum absolute atomic E-state index is 11.9. The van der Waals surface area contributed by atoms with E-state index in [1.54, 1.807) is 48.5 Å². The van der Waals surface area contributed by atoms with Crippen molar-refractivity contribution in [3.05, 3.63) is 70.8 Å². The number of benzene rings is 2. The van der Waals surface area contributed by atoms with E-state index >= 15 is 0 Å². The number of carboxylic acid groups (broad SMARTS) is 1. The fourth-order valence-corrected chi connectivity index (χ4v) is 3.52. The number of fused-ring (bicyclic) bond motifs is 2. The van der Waals surface area contributed by atoms with E-state index in [2.05, 4.69) is 0 Å². The molecular formula is C24H24N2O9. The van der Waals surface area contributed by atoms with Crippen LogP contribution in [0.2, 0.25) is 0 Å². The summed E-state index contributed by atoms with van der Waals surface area (Å²) in [5.41, 5.74) is 1.64. The lowest BCUT2D eigenvalue weighted by molar-refractivity contribution is -0.142. The monoisotopic (exact) mass is 484 g/mol. The van der Waals surface area contributed by atoms with Gasteiger partial charge in [0, 0.05) is 0 Å². The van der Waals surface area contributed by atoms with E-state index < -0.39 is 12.6 Å². The quantitative estimate of drug-likeness (QED) is 0.366. The van der Waals surface area contributed by atoms with Gasteiger partial charge in [-0.05, 0) is 24.3 Å². The number of carboxylic acids is 1. The number of aliphatic hydroxyl groups excluding tert-OH is 1. The van der Waals surface area contributed by atoms with Crippen molar-refractivity contribution in [3.8, 4) is 0 Å². The first kappa shape index (κ1) is 25.7. The lowest BCUT2D eigenvalue weighted by atomic mass is 10.1. The summed E-state index contributed by atoms with van der Waals surface area (Å²) in [5.74, 6) is -2.38. The Morgan fingerprint density at radius 3 is 1.37 bits per heavy atom. The normalized spacial score (nSPS) is 14.1. The molecule has 0 aliphatic carbocycles. The molecule has 2 aliphatic rings. The van der Waals surface area contributed by atoms with Gasteiger partial charge < -0.3 is 19.7 Å². The maximum atomic E-state index is 11.9. The number of hydrogen-bond acceptors (Lipinski definition) is 8. The fourth-order valence-electron chi connectivity index (χ4n) is 3.52. The maximum Gasteiger partial charge on any atom is 0.329 e. The Balaban J connectivity index is 0.000000196. The van der Waals surface area contributed by atoms with Crippen LogP contribution in [0.1, 0.15) is 41.4 Å². The van der Waals surface area contributed by atoms with Crippen LogP contribution >= 0.6 is 0 Å². The third kappa shape index (κ3) is 5.96. The zero-order chi connectivity index (χ0) is 25.4. The first-order valence-corrected chi connectivity index (χ1v) is 10.8. The summed E-state index contributed by atoms with van der Waals surface area (Å²) in [6.45, 7) is 0.226. The molecule has 2 heterocycles. The molecule has 0 unspecified atom stereocenters. The van der Waals surface area contributed by atoms with Crippen molar-refractivity contribution in [1.29, 1.82) is 0 Å². The van der Waals surface area contributed by atoms with Crippen LogP contribution in [0.5, 0.6) is 0 Å². The molecule has 2 aromatic rings. The summed E-state index contributed by atoms with van der Waals surface area (Å²) >= 11 is 0. The number of aliphatic carboxylic acids is 1. The van der Waals surface area contributed by atoms with Gasteiger partial charge in [-0.15, -0.1) is 0 Å². The molecule has 0 bridgehead atoms. The second kappa shape index (κ2) is 12.0. The molecule has 11 heteroatoms. The van der Waals surface area contributed by atoms with Gasteiger partial charge in [-0.25, -0.2) is 4.79 Å². The Kier molecular flexibility index (Phi) is 8.79. The van der Waals surface area contributed by atoms with Crippen molar-refractivity contribution < 1.29 is 43.7 Å². The Morgan fingerprint density at radius 2 is 1.03 bits per heavy atom. The van der Waals surface area contributed by atoms with Crippen LogP contribution in [0, 0.1) is 0 Å². The van der Waals surface area contributed by atoms with Crippen LogP contribution in [0.15, 0.2) is 48.5 Å². The molecule has 0 fully saturated rings. The highest BCUT2D eigenvalue weighted by Gasteiger charge is 2.35. The first-order valence-electron chi connectivity index (χ1n) is 10.8. The van der Waals surface area contributed by atoms with Crippen molar-refractivity contribution in [2.45, 2.75) is 0 Å². The van der Waals surface area contributed by atoms with Crippen LogP contribution in [0.3, 0.4) is 0 Å². The van der Waals surface area contributed by atoms with Gasteiger partial charge in [0.15, 0.2) is 0 Å². The average molecular weight is 484 g/mol. The third-order valence-electron chi connectivity index (χ3n) is 5.14. The summed E-state index contributed by atoms with van der Waals surface area (Å²) in [6, 6.07) is 13.3. The summed E-state index contributed by atoms with van der Waals surface area (Å²) < 4.78 is 9.85. The lowest BCUT2D eigenvalue weighted by Gasteiger charge is -2.13. The van der Waals surface area contributed by atoms with E-state index in [0.717, 1.165) is 4.90 Å². The van der Waals surface area contributed by atoms with Gasteiger partial charge in [-0.3, -0.25) is 29.0 Å². The highest BCUT2D eigenvalue weighted by Crippen LogP contribution is 2.22. The molecule has 2 N–H and O–H groups in total. The van der Waals surface area contributed by atoms with E-state index in [4.69, 9.17) is 19.7 Å². The number of aliphatic hydroxyl groups is 1. The Morgan fingerprint density at radius 1 is 0.657 bits per heavy atom. The van der Waals surface area contributed by atoms with Gasteiger partial charge in [0.05, 0.1) is 61.8 Å². The van der Waals surface area contributed by atoms with Crippen molar-refractivity contribution in [2.24, 2.45) is 0 Å². The van der Waals surface area contributed by atoms with Gasteiger partial charge in [0.25, 0.3) is 23.6 Å². The second-order valence-electron chi connectivity index (χ2n) is 7.40. The number of rotatable bonds is 10. The van der Waals surface area contributed by atoms with Crippen LogP contribution in [-0.2, 0) is 14.3 Å². The zero-order valence-corrected chi connectivity index (χ0v) is 18.7. The molecular weight excluding hydrogens is 460 g/mol. The summed E-state index contributed by atoms with van der Waals surface area (Å²) in [4.78, 5) is 59.9. The number of imide groups is 2. The molecule has 0 radical (unpaired) electrons. The molecule has 0 saturated heterocycles. The molecule has 2 aliphatic heterocycles. The topological polar surface area (TPSA) is 151 Å². The van der Waals surface area contributed by atoms with Crippen LogP contribution in [0.25, 0.3) is 0 Å².